The largest absolute Gasteiger partial charge is 0.369 e. The summed E-state index contributed by atoms with van der Waals surface area (Å²) in [4.78, 5) is 11.1. The van der Waals surface area contributed by atoms with Gasteiger partial charge in [0, 0.05) is 13.1 Å². The normalized spacial score (nSPS) is 26.6. The van der Waals surface area contributed by atoms with Crippen LogP contribution in [0.4, 0.5) is 0 Å². The Balaban J connectivity index is 1.83. The zero-order chi connectivity index (χ0) is 13.9. The summed E-state index contributed by atoms with van der Waals surface area (Å²) in [6, 6.07) is 0. The summed E-state index contributed by atoms with van der Waals surface area (Å²) < 4.78 is 25.8. The van der Waals surface area contributed by atoms with E-state index in [1.54, 1.807) is 0 Å². The first-order chi connectivity index (χ1) is 8.99. The molecule has 2 heterocycles. The van der Waals surface area contributed by atoms with Gasteiger partial charge in [0.2, 0.25) is 15.9 Å². The smallest absolute Gasteiger partial charge is 0.221 e. The number of carbonyl (C=O) groups is 1. The third-order valence-corrected chi connectivity index (χ3v) is 6.06. The molecule has 0 radical (unpaired) electrons. The van der Waals surface area contributed by atoms with E-state index < -0.39 is 15.9 Å². The minimum atomic E-state index is -3.22. The molecule has 3 N–H and O–H groups in total. The molecule has 0 saturated carbocycles. The number of piperidine rings is 1. The monoisotopic (exact) mass is 289 g/mol. The first-order valence-electron chi connectivity index (χ1n) is 6.97. The molecule has 2 saturated heterocycles. The van der Waals surface area contributed by atoms with Gasteiger partial charge in [0.1, 0.15) is 0 Å². The lowest BCUT2D eigenvalue weighted by atomic mass is 9.96. The van der Waals surface area contributed by atoms with Crippen LogP contribution < -0.4 is 11.1 Å². The fourth-order valence-electron chi connectivity index (χ4n) is 2.83. The third-order valence-electron chi connectivity index (χ3n) is 4.19. The maximum absolute atomic E-state index is 12.2. The Morgan fingerprint density at radius 3 is 2.53 bits per heavy atom. The summed E-state index contributed by atoms with van der Waals surface area (Å²) in [5.41, 5.74) is 5.23. The summed E-state index contributed by atoms with van der Waals surface area (Å²) in [7, 11) is -3.22. The van der Waals surface area contributed by atoms with Crippen LogP contribution in [0.3, 0.4) is 0 Å². The highest BCUT2D eigenvalue weighted by Crippen LogP contribution is 2.22. The molecule has 7 heteroatoms. The van der Waals surface area contributed by atoms with Gasteiger partial charge in [-0.1, -0.05) is 0 Å². The van der Waals surface area contributed by atoms with E-state index in [9.17, 15) is 13.2 Å². The second-order valence-electron chi connectivity index (χ2n) is 5.54. The number of nitrogens with one attached hydrogen (secondary N) is 1. The van der Waals surface area contributed by atoms with Gasteiger partial charge < -0.3 is 11.1 Å². The minimum Gasteiger partial charge on any atom is -0.369 e. The molecule has 2 rings (SSSR count). The van der Waals surface area contributed by atoms with Crippen LogP contribution in [-0.4, -0.2) is 50.6 Å². The van der Waals surface area contributed by atoms with Crippen LogP contribution in [0.1, 0.15) is 25.7 Å². The van der Waals surface area contributed by atoms with Crippen LogP contribution >= 0.6 is 0 Å². The quantitative estimate of drug-likeness (QED) is 0.714. The molecule has 0 aromatic heterocycles. The Kier molecular flexibility index (Phi) is 4.81. The SMILES string of the molecule is NC(=O)C1CCN(S(=O)(=O)CCC2CCNCC2)C1. The maximum Gasteiger partial charge on any atom is 0.221 e. The van der Waals surface area contributed by atoms with E-state index in [2.05, 4.69) is 5.32 Å². The van der Waals surface area contributed by atoms with Crippen molar-refractivity contribution in [3.05, 3.63) is 0 Å². The first kappa shape index (κ1) is 14.7. The number of primary amides is 1. The zero-order valence-electron chi connectivity index (χ0n) is 11.2. The number of nitrogens with zero attached hydrogens (tertiary/aromatic N) is 1. The van der Waals surface area contributed by atoms with Crippen molar-refractivity contribution in [2.45, 2.75) is 25.7 Å². The van der Waals surface area contributed by atoms with Crippen molar-refractivity contribution in [1.29, 1.82) is 0 Å². The fraction of sp³-hybridized carbons (Fsp3) is 0.917. The topological polar surface area (TPSA) is 92.5 Å². The van der Waals surface area contributed by atoms with Gasteiger partial charge in [-0.3, -0.25) is 4.79 Å². The number of hydrogen-bond donors (Lipinski definition) is 2. The van der Waals surface area contributed by atoms with Crippen molar-refractivity contribution in [3.8, 4) is 0 Å². The van der Waals surface area contributed by atoms with Gasteiger partial charge in [-0.25, -0.2) is 12.7 Å². The van der Waals surface area contributed by atoms with Crippen LogP contribution in [0.15, 0.2) is 0 Å². The van der Waals surface area contributed by atoms with Crippen LogP contribution in [0, 0.1) is 11.8 Å². The van der Waals surface area contributed by atoms with E-state index in [-0.39, 0.29) is 18.2 Å². The molecule has 2 aliphatic rings. The Labute approximate surface area is 114 Å². The number of carbonyl (C=O) groups excluding carboxylic acids is 1. The van der Waals surface area contributed by atoms with Crippen LogP contribution in [0.25, 0.3) is 0 Å². The van der Waals surface area contributed by atoms with E-state index in [1.165, 1.54) is 4.31 Å². The number of amides is 1. The van der Waals surface area contributed by atoms with Crippen LogP contribution in [0.2, 0.25) is 0 Å². The van der Waals surface area contributed by atoms with E-state index >= 15 is 0 Å². The van der Waals surface area contributed by atoms with Crippen molar-refractivity contribution >= 4 is 15.9 Å². The second-order valence-corrected chi connectivity index (χ2v) is 7.63. The molecule has 1 atom stereocenters. The van der Waals surface area contributed by atoms with Gasteiger partial charge in [-0.2, -0.15) is 0 Å². The van der Waals surface area contributed by atoms with Crippen molar-refractivity contribution < 1.29 is 13.2 Å². The van der Waals surface area contributed by atoms with Crippen molar-refractivity contribution in [2.24, 2.45) is 17.6 Å². The van der Waals surface area contributed by atoms with Crippen molar-refractivity contribution in [2.75, 3.05) is 31.9 Å². The fourth-order valence-corrected chi connectivity index (χ4v) is 4.51. The average Bonchev–Trinajstić information content (AvgIpc) is 2.88. The molecule has 1 unspecified atom stereocenters. The number of rotatable bonds is 5. The van der Waals surface area contributed by atoms with Gasteiger partial charge >= 0.3 is 0 Å². The Morgan fingerprint density at radius 1 is 1.26 bits per heavy atom. The molecule has 0 bridgehead atoms. The highest BCUT2D eigenvalue weighted by Gasteiger charge is 2.34. The molecule has 19 heavy (non-hydrogen) atoms. The summed E-state index contributed by atoms with van der Waals surface area (Å²) >= 11 is 0. The van der Waals surface area contributed by atoms with Crippen molar-refractivity contribution in [1.82, 2.24) is 9.62 Å². The lowest BCUT2D eigenvalue weighted by Gasteiger charge is -2.23. The predicted molar refractivity (Wildman–Crippen MR) is 72.9 cm³/mol. The number of sulfonamides is 1. The summed E-state index contributed by atoms with van der Waals surface area (Å²) in [5, 5.41) is 3.27. The number of hydrogen-bond acceptors (Lipinski definition) is 4. The molecule has 0 spiro atoms. The molecular formula is C12H23N3O3S. The molecule has 0 aliphatic carbocycles. The van der Waals surface area contributed by atoms with Gasteiger partial charge in [0.25, 0.3) is 0 Å². The molecule has 110 valence electrons. The van der Waals surface area contributed by atoms with Gasteiger partial charge in [0.05, 0.1) is 11.7 Å². The molecule has 0 aromatic carbocycles. The Bertz CT molecular complexity index is 418. The molecule has 2 fully saturated rings. The maximum atomic E-state index is 12.2. The minimum absolute atomic E-state index is 0.198. The molecule has 1 amide bonds. The highest BCUT2D eigenvalue weighted by atomic mass is 32.2. The van der Waals surface area contributed by atoms with Gasteiger partial charge in [-0.15, -0.1) is 0 Å². The zero-order valence-corrected chi connectivity index (χ0v) is 12.0. The molecular weight excluding hydrogens is 266 g/mol. The Hall–Kier alpha value is -0.660. The molecule has 0 aromatic rings. The van der Waals surface area contributed by atoms with E-state index in [0.717, 1.165) is 32.4 Å². The predicted octanol–water partition coefficient (Wildman–Crippen LogP) is -0.487. The first-order valence-corrected chi connectivity index (χ1v) is 8.58. The second kappa shape index (κ2) is 6.19. The third kappa shape index (κ3) is 3.90. The summed E-state index contributed by atoms with van der Waals surface area (Å²) in [6.45, 7) is 2.67. The van der Waals surface area contributed by atoms with E-state index in [4.69, 9.17) is 5.73 Å². The highest BCUT2D eigenvalue weighted by molar-refractivity contribution is 7.89. The summed E-state index contributed by atoms with van der Waals surface area (Å²) in [6.07, 6.45) is 3.39. The lowest BCUT2D eigenvalue weighted by Crippen LogP contribution is -2.35. The van der Waals surface area contributed by atoms with Gasteiger partial charge in [-0.05, 0) is 44.7 Å². The Morgan fingerprint density at radius 2 is 1.95 bits per heavy atom. The van der Waals surface area contributed by atoms with E-state index in [0.29, 0.717) is 18.9 Å². The molecule has 2 aliphatic heterocycles. The van der Waals surface area contributed by atoms with E-state index in [1.807, 2.05) is 0 Å². The molecule has 6 nitrogen and oxygen atoms in total. The lowest BCUT2D eigenvalue weighted by molar-refractivity contribution is -0.121. The summed E-state index contributed by atoms with van der Waals surface area (Å²) in [5.74, 6) is -0.00125. The van der Waals surface area contributed by atoms with Crippen molar-refractivity contribution in [3.63, 3.8) is 0 Å². The number of nitrogens with two attached hydrogens (primary N) is 1. The average molecular weight is 289 g/mol. The van der Waals surface area contributed by atoms with Gasteiger partial charge in [0.15, 0.2) is 0 Å². The van der Waals surface area contributed by atoms with Crippen LogP contribution in [-0.2, 0) is 14.8 Å². The standard InChI is InChI=1S/C12H23N3O3S/c13-12(16)11-3-7-15(9-11)19(17,18)8-4-10-1-5-14-6-2-10/h10-11,14H,1-9H2,(H2,13,16). The van der Waals surface area contributed by atoms with Crippen LogP contribution in [0.5, 0.6) is 0 Å².